The standard InChI is InChI=1S/C17H28N2O2/c1-4-13(2)16(18)17(20)19-11-8-12-21-14(3)15-9-6-5-7-10-15/h5-7,9-10,13-14,16H,4,8,11-12,18H2,1-3H3,(H,19,20). The van der Waals surface area contributed by atoms with Crippen molar-refractivity contribution in [3.63, 3.8) is 0 Å². The zero-order valence-electron chi connectivity index (χ0n) is 13.3. The summed E-state index contributed by atoms with van der Waals surface area (Å²) in [6, 6.07) is 9.69. The molecule has 0 fully saturated rings. The van der Waals surface area contributed by atoms with Crippen LogP contribution in [0.1, 0.15) is 45.3 Å². The van der Waals surface area contributed by atoms with Gasteiger partial charge in [-0.2, -0.15) is 0 Å². The van der Waals surface area contributed by atoms with E-state index >= 15 is 0 Å². The molecule has 0 aliphatic carbocycles. The number of benzene rings is 1. The highest BCUT2D eigenvalue weighted by Crippen LogP contribution is 2.15. The van der Waals surface area contributed by atoms with Gasteiger partial charge in [0.15, 0.2) is 0 Å². The fourth-order valence-corrected chi connectivity index (χ4v) is 1.99. The van der Waals surface area contributed by atoms with Gasteiger partial charge in [0.05, 0.1) is 12.1 Å². The van der Waals surface area contributed by atoms with E-state index in [1.165, 1.54) is 5.56 Å². The monoisotopic (exact) mass is 292 g/mol. The summed E-state index contributed by atoms with van der Waals surface area (Å²) in [5, 5.41) is 2.87. The molecule has 4 heteroatoms. The molecule has 1 aromatic carbocycles. The quantitative estimate of drug-likeness (QED) is 0.688. The Bertz CT molecular complexity index is 409. The highest BCUT2D eigenvalue weighted by atomic mass is 16.5. The van der Waals surface area contributed by atoms with Crippen LogP contribution in [0.25, 0.3) is 0 Å². The summed E-state index contributed by atoms with van der Waals surface area (Å²) in [6.45, 7) is 7.29. The van der Waals surface area contributed by atoms with E-state index in [2.05, 4.69) is 17.4 Å². The van der Waals surface area contributed by atoms with E-state index in [-0.39, 0.29) is 17.9 Å². The molecule has 21 heavy (non-hydrogen) atoms. The van der Waals surface area contributed by atoms with E-state index in [1.54, 1.807) is 0 Å². The van der Waals surface area contributed by atoms with E-state index in [4.69, 9.17) is 10.5 Å². The first-order valence-corrected chi connectivity index (χ1v) is 7.76. The third-order valence-corrected chi connectivity index (χ3v) is 3.82. The van der Waals surface area contributed by atoms with Crippen LogP contribution in [0.4, 0.5) is 0 Å². The lowest BCUT2D eigenvalue weighted by atomic mass is 9.99. The minimum Gasteiger partial charge on any atom is -0.374 e. The Balaban J connectivity index is 2.16. The molecule has 3 N–H and O–H groups in total. The minimum absolute atomic E-state index is 0.0690. The number of nitrogens with one attached hydrogen (secondary N) is 1. The van der Waals surface area contributed by atoms with E-state index in [0.29, 0.717) is 13.2 Å². The second kappa shape index (κ2) is 9.53. The van der Waals surface area contributed by atoms with Crippen LogP contribution in [0, 0.1) is 5.92 Å². The van der Waals surface area contributed by atoms with E-state index in [0.717, 1.165) is 12.8 Å². The van der Waals surface area contributed by atoms with Crippen LogP contribution in [0.15, 0.2) is 30.3 Å². The SMILES string of the molecule is CCC(C)C(N)C(=O)NCCCOC(C)c1ccccc1. The van der Waals surface area contributed by atoms with E-state index < -0.39 is 6.04 Å². The van der Waals surface area contributed by atoms with Crippen LogP contribution in [-0.2, 0) is 9.53 Å². The Morgan fingerprint density at radius 3 is 2.57 bits per heavy atom. The molecule has 118 valence electrons. The molecule has 0 bridgehead atoms. The number of nitrogens with two attached hydrogens (primary N) is 1. The highest BCUT2D eigenvalue weighted by Gasteiger charge is 2.18. The maximum atomic E-state index is 11.8. The Morgan fingerprint density at radius 2 is 1.95 bits per heavy atom. The first-order valence-electron chi connectivity index (χ1n) is 7.76. The van der Waals surface area contributed by atoms with Gasteiger partial charge in [-0.15, -0.1) is 0 Å². The topological polar surface area (TPSA) is 64.4 Å². The van der Waals surface area contributed by atoms with Crippen molar-refractivity contribution in [1.82, 2.24) is 5.32 Å². The van der Waals surface area contributed by atoms with Gasteiger partial charge < -0.3 is 15.8 Å². The normalized spacial score (nSPS) is 15.2. The second-order valence-corrected chi connectivity index (χ2v) is 5.48. The summed E-state index contributed by atoms with van der Waals surface area (Å²) < 4.78 is 5.76. The lowest BCUT2D eigenvalue weighted by Crippen LogP contribution is -2.45. The summed E-state index contributed by atoms with van der Waals surface area (Å²) >= 11 is 0. The molecule has 0 heterocycles. The molecule has 1 rings (SSSR count). The molecule has 4 nitrogen and oxygen atoms in total. The third kappa shape index (κ3) is 6.27. The third-order valence-electron chi connectivity index (χ3n) is 3.82. The molecule has 3 atom stereocenters. The first-order chi connectivity index (χ1) is 10.1. The Hall–Kier alpha value is -1.39. The number of hydrogen-bond donors (Lipinski definition) is 2. The summed E-state index contributed by atoms with van der Waals surface area (Å²) in [7, 11) is 0. The van der Waals surface area contributed by atoms with Crippen LogP contribution in [0.2, 0.25) is 0 Å². The van der Waals surface area contributed by atoms with Gasteiger partial charge in [-0.05, 0) is 24.8 Å². The second-order valence-electron chi connectivity index (χ2n) is 5.48. The molecule has 0 aliphatic heterocycles. The zero-order valence-corrected chi connectivity index (χ0v) is 13.3. The Kier molecular flexibility index (Phi) is 8.01. The van der Waals surface area contributed by atoms with Gasteiger partial charge in [-0.25, -0.2) is 0 Å². The van der Waals surface area contributed by atoms with Gasteiger partial charge in [0.25, 0.3) is 0 Å². The lowest BCUT2D eigenvalue weighted by molar-refractivity contribution is -0.123. The average molecular weight is 292 g/mol. The summed E-state index contributed by atoms with van der Waals surface area (Å²) in [6.07, 6.45) is 1.77. The molecule has 0 saturated carbocycles. The molecule has 0 saturated heterocycles. The van der Waals surface area contributed by atoms with Crippen molar-refractivity contribution in [1.29, 1.82) is 0 Å². The van der Waals surface area contributed by atoms with Crippen molar-refractivity contribution >= 4 is 5.91 Å². The molecule has 0 aliphatic rings. The fraction of sp³-hybridized carbons (Fsp3) is 0.588. The van der Waals surface area contributed by atoms with Crippen LogP contribution in [0.3, 0.4) is 0 Å². The molecular formula is C17H28N2O2. The van der Waals surface area contributed by atoms with Crippen molar-refractivity contribution in [2.75, 3.05) is 13.2 Å². The highest BCUT2D eigenvalue weighted by molar-refractivity contribution is 5.81. The van der Waals surface area contributed by atoms with E-state index in [9.17, 15) is 4.79 Å². The summed E-state index contributed by atoms with van der Waals surface area (Å²) in [4.78, 5) is 11.8. The zero-order chi connectivity index (χ0) is 15.7. The van der Waals surface area contributed by atoms with Gasteiger partial charge in [0.2, 0.25) is 5.91 Å². The molecule has 1 amide bonds. The number of carbonyl (C=O) groups is 1. The molecule has 1 aromatic rings. The Labute approximate surface area is 128 Å². The van der Waals surface area contributed by atoms with Crippen molar-refractivity contribution in [3.8, 4) is 0 Å². The number of carbonyl (C=O) groups excluding carboxylic acids is 1. The molecule has 0 radical (unpaired) electrons. The minimum atomic E-state index is -0.417. The van der Waals surface area contributed by atoms with Gasteiger partial charge in [-0.3, -0.25) is 4.79 Å². The molecule has 0 spiro atoms. The number of ether oxygens (including phenoxy) is 1. The van der Waals surface area contributed by atoms with Crippen molar-refractivity contribution in [2.24, 2.45) is 11.7 Å². The Morgan fingerprint density at radius 1 is 1.29 bits per heavy atom. The van der Waals surface area contributed by atoms with Gasteiger partial charge in [0, 0.05) is 13.2 Å². The van der Waals surface area contributed by atoms with Crippen LogP contribution in [0.5, 0.6) is 0 Å². The smallest absolute Gasteiger partial charge is 0.237 e. The van der Waals surface area contributed by atoms with Gasteiger partial charge >= 0.3 is 0 Å². The predicted molar refractivity (Wildman–Crippen MR) is 85.9 cm³/mol. The van der Waals surface area contributed by atoms with Crippen molar-refractivity contribution in [3.05, 3.63) is 35.9 Å². The van der Waals surface area contributed by atoms with Crippen molar-refractivity contribution in [2.45, 2.75) is 45.8 Å². The molecular weight excluding hydrogens is 264 g/mol. The first kappa shape index (κ1) is 17.7. The van der Waals surface area contributed by atoms with Gasteiger partial charge in [0.1, 0.15) is 0 Å². The number of hydrogen-bond acceptors (Lipinski definition) is 3. The summed E-state index contributed by atoms with van der Waals surface area (Å²) in [5.74, 6) is 0.139. The van der Waals surface area contributed by atoms with Crippen LogP contribution in [-0.4, -0.2) is 25.1 Å². The number of rotatable bonds is 9. The predicted octanol–water partition coefficient (Wildman–Crippen LogP) is 2.64. The maximum Gasteiger partial charge on any atom is 0.237 e. The van der Waals surface area contributed by atoms with Crippen molar-refractivity contribution < 1.29 is 9.53 Å². The van der Waals surface area contributed by atoms with Crippen LogP contribution < -0.4 is 11.1 Å². The summed E-state index contributed by atoms with van der Waals surface area (Å²) in [5.41, 5.74) is 7.03. The molecule has 0 aromatic heterocycles. The number of amides is 1. The van der Waals surface area contributed by atoms with Crippen LogP contribution >= 0.6 is 0 Å². The largest absolute Gasteiger partial charge is 0.374 e. The van der Waals surface area contributed by atoms with Gasteiger partial charge in [-0.1, -0.05) is 50.6 Å². The average Bonchev–Trinajstić information content (AvgIpc) is 2.53. The molecule has 3 unspecified atom stereocenters. The van der Waals surface area contributed by atoms with E-state index in [1.807, 2.05) is 39.0 Å². The maximum absolute atomic E-state index is 11.8. The lowest BCUT2D eigenvalue weighted by Gasteiger charge is -2.18. The fourth-order valence-electron chi connectivity index (χ4n) is 1.99.